The molecule has 150 valence electrons. The first-order valence-corrected chi connectivity index (χ1v) is 10.4. The molecule has 0 unspecified atom stereocenters. The van der Waals surface area contributed by atoms with Crippen LogP contribution in [0.25, 0.3) is 0 Å². The van der Waals surface area contributed by atoms with Gasteiger partial charge in [-0.3, -0.25) is 4.79 Å². The van der Waals surface area contributed by atoms with E-state index in [4.69, 9.17) is 25.8 Å². The normalized spacial score (nSPS) is 19.2. The minimum atomic E-state index is -3.13. The van der Waals surface area contributed by atoms with Crippen molar-refractivity contribution in [3.8, 4) is 11.5 Å². The number of likely N-dealkylation sites (N-methyl/N-ethyl adjacent to an activating group) is 1. The van der Waals surface area contributed by atoms with Gasteiger partial charge in [-0.1, -0.05) is 11.6 Å². The zero-order valence-corrected chi connectivity index (χ0v) is 17.1. The Morgan fingerprint density at radius 2 is 1.93 bits per heavy atom. The maximum atomic E-state index is 12.5. The molecule has 2 atom stereocenters. The number of sulfone groups is 1. The lowest BCUT2D eigenvalue weighted by atomic mass is 10.2. The van der Waals surface area contributed by atoms with Crippen LogP contribution in [0.3, 0.4) is 0 Å². The summed E-state index contributed by atoms with van der Waals surface area (Å²) in [7, 11) is 1.20. The molecule has 0 saturated carbocycles. The van der Waals surface area contributed by atoms with E-state index in [0.717, 1.165) is 0 Å². The number of carbonyl (C=O) groups is 2. The summed E-state index contributed by atoms with van der Waals surface area (Å²) in [5, 5.41) is 0.163. The molecule has 0 aliphatic carbocycles. The van der Waals surface area contributed by atoms with Crippen LogP contribution < -0.4 is 9.47 Å². The Labute approximate surface area is 163 Å². The van der Waals surface area contributed by atoms with Crippen LogP contribution in [0.4, 0.5) is 0 Å². The molecule has 10 heteroatoms. The van der Waals surface area contributed by atoms with Gasteiger partial charge < -0.3 is 19.1 Å². The second kappa shape index (κ2) is 8.35. The van der Waals surface area contributed by atoms with E-state index in [1.165, 1.54) is 45.2 Å². The number of hydrogen-bond acceptors (Lipinski definition) is 7. The van der Waals surface area contributed by atoms with Gasteiger partial charge in [0, 0.05) is 13.1 Å². The van der Waals surface area contributed by atoms with E-state index in [1.54, 1.807) is 0 Å². The SMILES string of the molecule is COc1cc(C(=O)O[C@H](C)C(=O)N(C)[C@@H]2CCS(=O)(=O)C2)cc(Cl)c1OC. The second-order valence-corrected chi connectivity index (χ2v) is 8.88. The number of esters is 1. The number of amides is 1. The lowest BCUT2D eigenvalue weighted by Gasteiger charge is -2.26. The summed E-state index contributed by atoms with van der Waals surface area (Å²) in [6.07, 6.45) is -0.714. The van der Waals surface area contributed by atoms with E-state index < -0.39 is 33.9 Å². The maximum absolute atomic E-state index is 12.5. The number of methoxy groups -OCH3 is 2. The summed E-state index contributed by atoms with van der Waals surface area (Å²) in [5.74, 6) is -0.733. The molecule has 1 amide bonds. The predicted molar refractivity (Wildman–Crippen MR) is 99.3 cm³/mol. The number of halogens is 1. The summed E-state index contributed by atoms with van der Waals surface area (Å²) >= 11 is 6.08. The van der Waals surface area contributed by atoms with E-state index in [9.17, 15) is 18.0 Å². The number of hydrogen-bond donors (Lipinski definition) is 0. The van der Waals surface area contributed by atoms with Crippen LogP contribution in [0.5, 0.6) is 11.5 Å². The van der Waals surface area contributed by atoms with E-state index >= 15 is 0 Å². The Hall–Kier alpha value is -2.00. The van der Waals surface area contributed by atoms with E-state index in [-0.39, 0.29) is 33.6 Å². The Morgan fingerprint density at radius 1 is 1.26 bits per heavy atom. The van der Waals surface area contributed by atoms with Crippen LogP contribution in [-0.4, -0.2) is 70.1 Å². The molecule has 0 bridgehead atoms. The van der Waals surface area contributed by atoms with E-state index in [2.05, 4.69) is 0 Å². The van der Waals surface area contributed by atoms with Crippen LogP contribution in [0.15, 0.2) is 12.1 Å². The van der Waals surface area contributed by atoms with Gasteiger partial charge in [0.2, 0.25) is 0 Å². The first-order valence-electron chi connectivity index (χ1n) is 8.19. The molecule has 1 aromatic carbocycles. The fraction of sp³-hybridized carbons (Fsp3) is 0.529. The average molecular weight is 420 g/mol. The summed E-state index contributed by atoms with van der Waals surface area (Å²) in [6, 6.07) is 2.34. The Kier molecular flexibility index (Phi) is 6.59. The van der Waals surface area contributed by atoms with Gasteiger partial charge in [0.25, 0.3) is 5.91 Å². The summed E-state index contributed by atoms with van der Waals surface area (Å²) in [4.78, 5) is 26.2. The third-order valence-corrected chi connectivity index (χ3v) is 6.44. The van der Waals surface area contributed by atoms with Crippen LogP contribution >= 0.6 is 11.6 Å². The second-order valence-electron chi connectivity index (χ2n) is 6.25. The highest BCUT2D eigenvalue weighted by Gasteiger charge is 2.35. The van der Waals surface area contributed by atoms with Gasteiger partial charge >= 0.3 is 5.97 Å². The van der Waals surface area contributed by atoms with Crippen LogP contribution in [-0.2, 0) is 19.4 Å². The summed E-state index contributed by atoms with van der Waals surface area (Å²) in [6.45, 7) is 1.43. The van der Waals surface area contributed by atoms with Crippen molar-refractivity contribution in [2.24, 2.45) is 0 Å². The third kappa shape index (κ3) is 4.84. The van der Waals surface area contributed by atoms with E-state index in [0.29, 0.717) is 6.42 Å². The van der Waals surface area contributed by atoms with E-state index in [1.807, 2.05) is 0 Å². The van der Waals surface area contributed by atoms with Crippen molar-refractivity contribution in [3.05, 3.63) is 22.7 Å². The first kappa shape index (κ1) is 21.3. The average Bonchev–Trinajstić information content (AvgIpc) is 2.99. The van der Waals surface area contributed by atoms with Gasteiger partial charge in [-0.15, -0.1) is 0 Å². The molecule has 0 radical (unpaired) electrons. The molecular formula is C17H22ClNO7S. The lowest BCUT2D eigenvalue weighted by molar-refractivity contribution is -0.140. The maximum Gasteiger partial charge on any atom is 0.339 e. The van der Waals surface area contributed by atoms with Crippen molar-refractivity contribution in [3.63, 3.8) is 0 Å². The Morgan fingerprint density at radius 3 is 2.44 bits per heavy atom. The minimum Gasteiger partial charge on any atom is -0.493 e. The van der Waals surface area contributed by atoms with Crippen molar-refractivity contribution in [1.29, 1.82) is 0 Å². The highest BCUT2D eigenvalue weighted by atomic mass is 35.5. The van der Waals surface area contributed by atoms with Gasteiger partial charge in [0.1, 0.15) is 0 Å². The van der Waals surface area contributed by atoms with Crippen LogP contribution in [0.2, 0.25) is 5.02 Å². The van der Waals surface area contributed by atoms with Crippen molar-refractivity contribution < 1.29 is 32.2 Å². The molecule has 1 fully saturated rings. The monoisotopic (exact) mass is 419 g/mol. The van der Waals surface area contributed by atoms with Crippen LogP contribution in [0, 0.1) is 0 Å². The van der Waals surface area contributed by atoms with Crippen molar-refractivity contribution in [1.82, 2.24) is 4.90 Å². The van der Waals surface area contributed by atoms with Gasteiger partial charge in [0.15, 0.2) is 27.4 Å². The standard InChI is InChI=1S/C17H22ClNO7S/c1-10(16(20)19(2)12-5-6-27(22,23)9-12)26-17(21)11-7-13(18)15(25-4)14(8-11)24-3/h7-8,10,12H,5-6,9H2,1-4H3/t10-,12-/m1/s1. The molecule has 2 rings (SSSR count). The Balaban J connectivity index is 2.09. The molecule has 1 aliphatic rings. The molecule has 0 N–H and O–H groups in total. The topological polar surface area (TPSA) is 99.2 Å². The zero-order valence-electron chi connectivity index (χ0n) is 15.5. The van der Waals surface area contributed by atoms with Gasteiger partial charge in [-0.25, -0.2) is 13.2 Å². The lowest BCUT2D eigenvalue weighted by Crippen LogP contribution is -2.44. The first-order chi connectivity index (χ1) is 12.6. The number of ether oxygens (including phenoxy) is 3. The minimum absolute atomic E-state index is 0.0492. The third-order valence-electron chi connectivity index (χ3n) is 4.40. The molecule has 1 aromatic rings. The van der Waals surface area contributed by atoms with Gasteiger partial charge in [0.05, 0.1) is 36.3 Å². The fourth-order valence-corrected chi connectivity index (χ4v) is 4.92. The molecule has 1 aliphatic heterocycles. The smallest absolute Gasteiger partial charge is 0.339 e. The molecule has 1 heterocycles. The summed E-state index contributed by atoms with van der Waals surface area (Å²) < 4.78 is 38.6. The molecule has 27 heavy (non-hydrogen) atoms. The molecule has 0 spiro atoms. The molecule has 8 nitrogen and oxygen atoms in total. The van der Waals surface area contributed by atoms with Gasteiger partial charge in [-0.2, -0.15) is 0 Å². The predicted octanol–water partition coefficient (Wildman–Crippen LogP) is 1.55. The number of rotatable bonds is 6. The van der Waals surface area contributed by atoms with Crippen molar-refractivity contribution in [2.45, 2.75) is 25.5 Å². The highest BCUT2D eigenvalue weighted by Crippen LogP contribution is 2.36. The Bertz CT molecular complexity index is 840. The number of nitrogens with zero attached hydrogens (tertiary/aromatic N) is 1. The fourth-order valence-electron chi connectivity index (χ4n) is 2.86. The van der Waals surface area contributed by atoms with Crippen molar-refractivity contribution >= 4 is 33.3 Å². The number of carbonyl (C=O) groups excluding carboxylic acids is 2. The zero-order chi connectivity index (χ0) is 20.4. The molecule has 0 aromatic heterocycles. The van der Waals surface area contributed by atoms with Crippen LogP contribution in [0.1, 0.15) is 23.7 Å². The molecular weight excluding hydrogens is 398 g/mol. The number of benzene rings is 1. The quantitative estimate of drug-likeness (QED) is 0.645. The largest absolute Gasteiger partial charge is 0.493 e. The van der Waals surface area contributed by atoms with Crippen molar-refractivity contribution in [2.75, 3.05) is 32.8 Å². The van der Waals surface area contributed by atoms with Gasteiger partial charge in [-0.05, 0) is 25.5 Å². The highest BCUT2D eigenvalue weighted by molar-refractivity contribution is 7.91. The molecule has 1 saturated heterocycles. The summed E-state index contributed by atoms with van der Waals surface area (Å²) in [5.41, 5.74) is 0.100.